The van der Waals surface area contributed by atoms with Crippen molar-refractivity contribution < 1.29 is 19.4 Å². The van der Waals surface area contributed by atoms with E-state index in [-0.39, 0.29) is 31.1 Å². The van der Waals surface area contributed by atoms with Crippen molar-refractivity contribution in [3.63, 3.8) is 0 Å². The highest BCUT2D eigenvalue weighted by Gasteiger charge is 2.40. The Hall–Kier alpha value is -1.92. The number of aliphatic hydroxyl groups is 1. The van der Waals surface area contributed by atoms with E-state index in [1.807, 2.05) is 19.1 Å². The fraction of sp³-hybridized carbons (Fsp3) is 0.636. The number of hydrogen-bond acceptors (Lipinski definition) is 4. The minimum atomic E-state index is -0.559. The molecule has 2 amide bonds. The molecule has 2 atom stereocenters. The first-order valence-corrected chi connectivity index (χ1v) is 10.5. The summed E-state index contributed by atoms with van der Waals surface area (Å²) in [5, 5.41) is 11.7. The summed E-state index contributed by atoms with van der Waals surface area (Å²) in [5.74, 6) is 0.225. The molecule has 0 bridgehead atoms. The predicted octanol–water partition coefficient (Wildman–Crippen LogP) is 2.28. The van der Waals surface area contributed by atoms with Crippen LogP contribution in [0.4, 0.5) is 0 Å². The van der Waals surface area contributed by atoms with Crippen molar-refractivity contribution in [1.82, 2.24) is 10.2 Å². The molecule has 2 fully saturated rings. The summed E-state index contributed by atoms with van der Waals surface area (Å²) in [6.45, 7) is 3.19. The van der Waals surface area contributed by atoms with Crippen LogP contribution in [0.15, 0.2) is 24.3 Å². The van der Waals surface area contributed by atoms with E-state index < -0.39 is 6.04 Å². The van der Waals surface area contributed by atoms with Gasteiger partial charge in [0.25, 0.3) is 5.91 Å². The van der Waals surface area contributed by atoms with Crippen LogP contribution in [0.25, 0.3) is 0 Å². The van der Waals surface area contributed by atoms with Gasteiger partial charge in [0, 0.05) is 31.7 Å². The Morgan fingerprint density at radius 1 is 1.18 bits per heavy atom. The molecule has 2 N–H and O–H groups in total. The van der Waals surface area contributed by atoms with Crippen LogP contribution < -0.4 is 5.32 Å². The first kappa shape index (κ1) is 20.8. The molecular formula is C22H32N2O4. The summed E-state index contributed by atoms with van der Waals surface area (Å²) in [6.07, 6.45) is 6.64. The van der Waals surface area contributed by atoms with E-state index in [1.54, 1.807) is 17.0 Å². The Bertz CT molecular complexity index is 655. The number of ether oxygens (including phenoxy) is 1. The number of aryl methyl sites for hydroxylation is 1. The van der Waals surface area contributed by atoms with Gasteiger partial charge < -0.3 is 20.1 Å². The van der Waals surface area contributed by atoms with E-state index >= 15 is 0 Å². The summed E-state index contributed by atoms with van der Waals surface area (Å²) in [5.41, 5.74) is 1.67. The van der Waals surface area contributed by atoms with Gasteiger partial charge in [0.15, 0.2) is 0 Å². The van der Waals surface area contributed by atoms with Crippen molar-refractivity contribution in [3.8, 4) is 0 Å². The van der Waals surface area contributed by atoms with E-state index in [0.29, 0.717) is 31.1 Å². The lowest BCUT2D eigenvalue weighted by molar-refractivity contribution is -0.125. The van der Waals surface area contributed by atoms with Crippen LogP contribution in [0.5, 0.6) is 0 Å². The molecule has 2 aliphatic rings. The van der Waals surface area contributed by atoms with Gasteiger partial charge in [0.05, 0.1) is 12.7 Å². The quantitative estimate of drug-likeness (QED) is 0.751. The first-order chi connectivity index (χ1) is 13.6. The molecule has 3 rings (SSSR count). The molecule has 1 aromatic carbocycles. The number of carbonyl (C=O) groups excluding carboxylic acids is 2. The summed E-state index contributed by atoms with van der Waals surface area (Å²) >= 11 is 0. The largest absolute Gasteiger partial charge is 0.395 e. The average Bonchev–Trinajstić information content (AvgIpc) is 3.16. The number of carbonyl (C=O) groups is 2. The van der Waals surface area contributed by atoms with Crippen molar-refractivity contribution in [2.45, 2.75) is 57.6 Å². The first-order valence-electron chi connectivity index (χ1n) is 10.5. The van der Waals surface area contributed by atoms with E-state index in [4.69, 9.17) is 9.84 Å². The van der Waals surface area contributed by atoms with Crippen molar-refractivity contribution in [1.29, 1.82) is 0 Å². The van der Waals surface area contributed by atoms with Crippen LogP contribution in [-0.2, 0) is 9.53 Å². The number of likely N-dealkylation sites (tertiary alicyclic amines) is 1. The minimum absolute atomic E-state index is 0.119. The SMILES string of the molecule is Cc1ccc(C(=O)N2C[C@H](OCC3CCCCC3)C[C@H]2C(=O)NCCO)cc1. The Morgan fingerprint density at radius 3 is 2.57 bits per heavy atom. The minimum Gasteiger partial charge on any atom is -0.395 e. The maximum Gasteiger partial charge on any atom is 0.254 e. The molecule has 1 aromatic rings. The van der Waals surface area contributed by atoms with Gasteiger partial charge in [-0.2, -0.15) is 0 Å². The summed E-state index contributed by atoms with van der Waals surface area (Å²) in [7, 11) is 0. The third kappa shape index (κ3) is 5.32. The second-order valence-corrected chi connectivity index (χ2v) is 8.05. The van der Waals surface area contributed by atoms with Gasteiger partial charge in [-0.25, -0.2) is 0 Å². The maximum absolute atomic E-state index is 13.0. The highest BCUT2D eigenvalue weighted by atomic mass is 16.5. The predicted molar refractivity (Wildman–Crippen MR) is 107 cm³/mol. The van der Waals surface area contributed by atoms with Crippen molar-refractivity contribution in [3.05, 3.63) is 35.4 Å². The lowest BCUT2D eigenvalue weighted by Crippen LogP contribution is -2.46. The number of rotatable bonds is 7. The number of nitrogens with one attached hydrogen (secondary N) is 1. The summed E-state index contributed by atoms with van der Waals surface area (Å²) in [6, 6.07) is 6.85. The molecule has 6 heteroatoms. The number of nitrogens with zero attached hydrogens (tertiary/aromatic N) is 1. The van der Waals surface area contributed by atoms with Crippen molar-refractivity contribution in [2.75, 3.05) is 26.3 Å². The Kier molecular flexibility index (Phi) is 7.45. The molecule has 154 valence electrons. The van der Waals surface area contributed by atoms with Crippen LogP contribution in [0.3, 0.4) is 0 Å². The van der Waals surface area contributed by atoms with Crippen LogP contribution in [0, 0.1) is 12.8 Å². The second kappa shape index (κ2) is 10.0. The van der Waals surface area contributed by atoms with Gasteiger partial charge in [-0.05, 0) is 37.8 Å². The second-order valence-electron chi connectivity index (χ2n) is 8.05. The van der Waals surface area contributed by atoms with E-state index in [2.05, 4.69) is 5.32 Å². The smallest absolute Gasteiger partial charge is 0.254 e. The normalized spacial score (nSPS) is 23.0. The molecule has 0 spiro atoms. The molecule has 1 saturated heterocycles. The molecule has 1 heterocycles. The molecule has 6 nitrogen and oxygen atoms in total. The van der Waals surface area contributed by atoms with Gasteiger partial charge in [-0.3, -0.25) is 9.59 Å². The Labute approximate surface area is 167 Å². The maximum atomic E-state index is 13.0. The van der Waals surface area contributed by atoms with Gasteiger partial charge in [0.2, 0.25) is 5.91 Å². The number of hydrogen-bond donors (Lipinski definition) is 2. The zero-order valence-corrected chi connectivity index (χ0v) is 16.7. The molecule has 28 heavy (non-hydrogen) atoms. The van der Waals surface area contributed by atoms with Crippen LogP contribution in [-0.4, -0.2) is 60.3 Å². The van der Waals surface area contributed by atoms with Crippen LogP contribution in [0.2, 0.25) is 0 Å². The van der Waals surface area contributed by atoms with Crippen molar-refractivity contribution in [2.24, 2.45) is 5.92 Å². The monoisotopic (exact) mass is 388 g/mol. The third-order valence-electron chi connectivity index (χ3n) is 5.83. The van der Waals surface area contributed by atoms with Crippen LogP contribution in [0.1, 0.15) is 54.4 Å². The van der Waals surface area contributed by atoms with Gasteiger partial charge in [-0.15, -0.1) is 0 Å². The van der Waals surface area contributed by atoms with E-state index in [9.17, 15) is 9.59 Å². The lowest BCUT2D eigenvalue weighted by atomic mass is 9.90. The Morgan fingerprint density at radius 2 is 1.89 bits per heavy atom. The molecular weight excluding hydrogens is 356 g/mol. The molecule has 1 aliphatic carbocycles. The zero-order chi connectivity index (χ0) is 19.9. The number of amides is 2. The molecule has 1 aliphatic heterocycles. The van der Waals surface area contributed by atoms with Gasteiger partial charge in [0.1, 0.15) is 6.04 Å². The van der Waals surface area contributed by atoms with Crippen molar-refractivity contribution >= 4 is 11.8 Å². The zero-order valence-electron chi connectivity index (χ0n) is 16.7. The van der Waals surface area contributed by atoms with Crippen LogP contribution >= 0.6 is 0 Å². The lowest BCUT2D eigenvalue weighted by Gasteiger charge is -2.24. The summed E-state index contributed by atoms with van der Waals surface area (Å²) < 4.78 is 6.14. The van der Waals surface area contributed by atoms with E-state index in [0.717, 1.165) is 5.56 Å². The Balaban J connectivity index is 1.66. The summed E-state index contributed by atoms with van der Waals surface area (Å²) in [4.78, 5) is 27.3. The molecule has 1 saturated carbocycles. The number of benzene rings is 1. The van der Waals surface area contributed by atoms with E-state index in [1.165, 1.54) is 32.1 Å². The highest BCUT2D eigenvalue weighted by Crippen LogP contribution is 2.27. The standard InChI is InChI=1S/C22H32N2O4/c1-16-7-9-18(10-8-16)22(27)24-14-19(13-20(24)21(26)23-11-12-25)28-15-17-5-3-2-4-6-17/h7-10,17,19-20,25H,2-6,11-15H2,1H3,(H,23,26)/t19-,20+/m1/s1. The highest BCUT2D eigenvalue weighted by molar-refractivity contribution is 5.98. The average molecular weight is 389 g/mol. The topological polar surface area (TPSA) is 78.9 Å². The molecule has 0 radical (unpaired) electrons. The third-order valence-corrected chi connectivity index (χ3v) is 5.83. The van der Waals surface area contributed by atoms with Gasteiger partial charge >= 0.3 is 0 Å². The fourth-order valence-electron chi connectivity index (χ4n) is 4.18. The molecule has 0 aromatic heterocycles. The number of aliphatic hydroxyl groups excluding tert-OH is 1. The fourth-order valence-corrected chi connectivity index (χ4v) is 4.18. The van der Waals surface area contributed by atoms with Gasteiger partial charge in [-0.1, -0.05) is 37.0 Å². The molecule has 0 unspecified atom stereocenters.